The van der Waals surface area contributed by atoms with E-state index in [2.05, 4.69) is 0 Å². The Morgan fingerprint density at radius 1 is 1.29 bits per heavy atom. The number of ether oxygens (including phenoxy) is 1. The maximum absolute atomic E-state index is 13.2. The van der Waals surface area contributed by atoms with Gasteiger partial charge in [0.2, 0.25) is 0 Å². The molecular formula is C15H8Cl2FNO2. The van der Waals surface area contributed by atoms with E-state index in [-0.39, 0.29) is 28.5 Å². The van der Waals surface area contributed by atoms with Crippen LogP contribution in [0.15, 0.2) is 30.3 Å². The average molecular weight is 324 g/mol. The Bertz CT molecular complexity index is 741. The van der Waals surface area contributed by atoms with E-state index in [1.165, 1.54) is 30.3 Å². The topological polar surface area (TPSA) is 50.1 Å². The SMILES string of the molecule is N#Cc1cc(COc2c(Cl)cc(Cl)cc2C=O)ccc1F. The molecule has 3 nitrogen and oxygen atoms in total. The van der Waals surface area contributed by atoms with Gasteiger partial charge >= 0.3 is 0 Å². The summed E-state index contributed by atoms with van der Waals surface area (Å²) in [5, 5.41) is 9.30. The van der Waals surface area contributed by atoms with Crippen molar-refractivity contribution in [3.63, 3.8) is 0 Å². The third-order valence-corrected chi connectivity index (χ3v) is 3.20. The number of aldehydes is 1. The second-order valence-electron chi connectivity index (χ2n) is 4.14. The lowest BCUT2D eigenvalue weighted by atomic mass is 10.1. The molecule has 0 aliphatic heterocycles. The fourth-order valence-electron chi connectivity index (χ4n) is 1.72. The molecule has 0 fully saturated rings. The van der Waals surface area contributed by atoms with E-state index in [1.807, 2.05) is 0 Å². The standard InChI is InChI=1S/C15H8Cl2FNO2/c16-12-4-11(7-20)15(13(17)5-12)21-8-9-1-2-14(18)10(3-9)6-19/h1-5,7H,8H2. The van der Waals surface area contributed by atoms with Crippen LogP contribution in [0.4, 0.5) is 4.39 Å². The summed E-state index contributed by atoms with van der Waals surface area (Å²) in [7, 11) is 0. The van der Waals surface area contributed by atoms with Crippen LogP contribution in [0.5, 0.6) is 5.75 Å². The maximum Gasteiger partial charge on any atom is 0.153 e. The van der Waals surface area contributed by atoms with Gasteiger partial charge in [-0.25, -0.2) is 4.39 Å². The van der Waals surface area contributed by atoms with Crippen molar-refractivity contribution in [1.82, 2.24) is 0 Å². The first kappa shape index (κ1) is 15.3. The van der Waals surface area contributed by atoms with E-state index < -0.39 is 5.82 Å². The van der Waals surface area contributed by atoms with Gasteiger partial charge in [-0.1, -0.05) is 29.3 Å². The minimum atomic E-state index is -0.598. The summed E-state index contributed by atoms with van der Waals surface area (Å²) in [4.78, 5) is 11.0. The van der Waals surface area contributed by atoms with Gasteiger partial charge in [-0.05, 0) is 29.8 Å². The second-order valence-corrected chi connectivity index (χ2v) is 4.98. The highest BCUT2D eigenvalue weighted by Gasteiger charge is 2.11. The molecule has 0 radical (unpaired) electrons. The summed E-state index contributed by atoms with van der Waals surface area (Å²) in [6, 6.07) is 8.68. The Labute approximate surface area is 130 Å². The van der Waals surface area contributed by atoms with Gasteiger partial charge < -0.3 is 4.74 Å². The van der Waals surface area contributed by atoms with Crippen LogP contribution in [0.2, 0.25) is 10.0 Å². The molecule has 0 spiro atoms. The van der Waals surface area contributed by atoms with Crippen molar-refractivity contribution >= 4 is 29.5 Å². The molecule has 0 atom stereocenters. The van der Waals surface area contributed by atoms with Crippen LogP contribution in [-0.2, 0) is 6.61 Å². The van der Waals surface area contributed by atoms with Gasteiger partial charge in [-0.3, -0.25) is 4.79 Å². The van der Waals surface area contributed by atoms with Crippen molar-refractivity contribution in [3.8, 4) is 11.8 Å². The molecule has 0 unspecified atom stereocenters. The first-order valence-electron chi connectivity index (χ1n) is 5.80. The smallest absolute Gasteiger partial charge is 0.153 e. The zero-order valence-corrected chi connectivity index (χ0v) is 12.1. The lowest BCUT2D eigenvalue weighted by molar-refractivity contribution is 0.111. The van der Waals surface area contributed by atoms with Crippen LogP contribution in [0.1, 0.15) is 21.5 Å². The Kier molecular flexibility index (Phi) is 4.79. The van der Waals surface area contributed by atoms with Crippen LogP contribution in [-0.4, -0.2) is 6.29 Å². The number of nitriles is 1. The number of nitrogens with zero attached hydrogens (tertiary/aromatic N) is 1. The summed E-state index contributed by atoms with van der Waals surface area (Å²) in [5.41, 5.74) is 0.722. The molecule has 0 saturated carbocycles. The fraction of sp³-hybridized carbons (Fsp3) is 0.0667. The van der Waals surface area contributed by atoms with Crippen molar-refractivity contribution in [3.05, 3.63) is 62.9 Å². The fourth-order valence-corrected chi connectivity index (χ4v) is 2.29. The largest absolute Gasteiger partial charge is 0.487 e. The zero-order valence-electron chi connectivity index (χ0n) is 10.6. The molecule has 2 rings (SSSR count). The highest BCUT2D eigenvalue weighted by molar-refractivity contribution is 6.36. The number of carbonyl (C=O) groups excluding carboxylic acids is 1. The zero-order chi connectivity index (χ0) is 15.4. The van der Waals surface area contributed by atoms with E-state index in [0.29, 0.717) is 16.9 Å². The molecule has 0 aliphatic rings. The molecule has 0 N–H and O–H groups in total. The number of hydrogen-bond donors (Lipinski definition) is 0. The van der Waals surface area contributed by atoms with Crippen molar-refractivity contribution in [1.29, 1.82) is 5.26 Å². The van der Waals surface area contributed by atoms with Crippen LogP contribution in [0.3, 0.4) is 0 Å². The molecule has 6 heteroatoms. The summed E-state index contributed by atoms with van der Waals surface area (Å²) in [5.74, 6) is -0.404. The van der Waals surface area contributed by atoms with Crippen molar-refractivity contribution in [2.75, 3.05) is 0 Å². The molecule has 0 aliphatic carbocycles. The lowest BCUT2D eigenvalue weighted by Gasteiger charge is -2.11. The number of rotatable bonds is 4. The van der Waals surface area contributed by atoms with Crippen molar-refractivity contribution in [2.24, 2.45) is 0 Å². The second kappa shape index (κ2) is 6.57. The lowest BCUT2D eigenvalue weighted by Crippen LogP contribution is -2.00. The van der Waals surface area contributed by atoms with E-state index in [0.717, 1.165) is 0 Å². The minimum absolute atomic E-state index is 0.0388. The van der Waals surface area contributed by atoms with Gasteiger partial charge in [0.1, 0.15) is 24.2 Å². The molecule has 0 amide bonds. The predicted octanol–water partition coefficient (Wildman–Crippen LogP) is 4.40. The number of benzene rings is 2. The summed E-state index contributed by atoms with van der Waals surface area (Å²) < 4.78 is 18.7. The minimum Gasteiger partial charge on any atom is -0.487 e. The Hall–Kier alpha value is -2.09. The van der Waals surface area contributed by atoms with E-state index in [1.54, 1.807) is 6.07 Å². The normalized spacial score (nSPS) is 10.0. The van der Waals surface area contributed by atoms with E-state index in [4.69, 9.17) is 33.2 Å². The van der Waals surface area contributed by atoms with Gasteiger partial charge in [0.15, 0.2) is 6.29 Å². The summed E-state index contributed by atoms with van der Waals surface area (Å²) >= 11 is 11.8. The monoisotopic (exact) mass is 323 g/mol. The van der Waals surface area contributed by atoms with E-state index in [9.17, 15) is 9.18 Å². The molecule has 0 aromatic heterocycles. The quantitative estimate of drug-likeness (QED) is 0.784. The molecule has 21 heavy (non-hydrogen) atoms. The Balaban J connectivity index is 2.25. The molecule has 0 heterocycles. The number of carbonyl (C=O) groups is 1. The number of hydrogen-bond acceptors (Lipinski definition) is 3. The summed E-state index contributed by atoms with van der Waals surface area (Å²) in [6.45, 7) is 0.0388. The highest BCUT2D eigenvalue weighted by Crippen LogP contribution is 2.32. The third kappa shape index (κ3) is 3.52. The molecule has 0 bridgehead atoms. The molecular weight excluding hydrogens is 316 g/mol. The van der Waals surface area contributed by atoms with E-state index >= 15 is 0 Å². The van der Waals surface area contributed by atoms with Gasteiger partial charge in [-0.15, -0.1) is 0 Å². The average Bonchev–Trinajstić information content (AvgIpc) is 2.47. The molecule has 0 saturated heterocycles. The van der Waals surface area contributed by atoms with Crippen LogP contribution < -0.4 is 4.74 Å². The van der Waals surface area contributed by atoms with Gasteiger partial charge in [0.05, 0.1) is 16.1 Å². The van der Waals surface area contributed by atoms with Crippen LogP contribution in [0.25, 0.3) is 0 Å². The third-order valence-electron chi connectivity index (χ3n) is 2.70. The first-order chi connectivity index (χ1) is 10.0. The molecule has 2 aromatic carbocycles. The number of halogens is 3. The van der Waals surface area contributed by atoms with Crippen LogP contribution in [0, 0.1) is 17.1 Å². The van der Waals surface area contributed by atoms with Crippen molar-refractivity contribution in [2.45, 2.75) is 6.61 Å². The molecule has 2 aromatic rings. The highest BCUT2D eigenvalue weighted by atomic mass is 35.5. The van der Waals surface area contributed by atoms with Crippen molar-refractivity contribution < 1.29 is 13.9 Å². The molecule has 106 valence electrons. The Morgan fingerprint density at radius 3 is 2.71 bits per heavy atom. The first-order valence-corrected chi connectivity index (χ1v) is 6.56. The van der Waals surface area contributed by atoms with Gasteiger partial charge in [0.25, 0.3) is 0 Å². The maximum atomic E-state index is 13.2. The van der Waals surface area contributed by atoms with Gasteiger partial charge in [-0.2, -0.15) is 5.26 Å². The predicted molar refractivity (Wildman–Crippen MR) is 77.3 cm³/mol. The van der Waals surface area contributed by atoms with Gasteiger partial charge in [0, 0.05) is 5.02 Å². The summed E-state index contributed by atoms with van der Waals surface area (Å²) in [6.07, 6.45) is 0.582. The van der Waals surface area contributed by atoms with Crippen LogP contribution >= 0.6 is 23.2 Å². The Morgan fingerprint density at radius 2 is 2.05 bits per heavy atom.